The van der Waals surface area contributed by atoms with Gasteiger partial charge in [-0.05, 0) is 68.6 Å². The summed E-state index contributed by atoms with van der Waals surface area (Å²) in [5.41, 5.74) is 1.06. The maximum absolute atomic E-state index is 12.7. The Balaban J connectivity index is 1.17. The first kappa shape index (κ1) is 32.8. The van der Waals surface area contributed by atoms with Crippen molar-refractivity contribution in [3.63, 3.8) is 0 Å². The van der Waals surface area contributed by atoms with Gasteiger partial charge in [0, 0.05) is 38.8 Å². The van der Waals surface area contributed by atoms with Gasteiger partial charge >= 0.3 is 5.97 Å². The lowest BCUT2D eigenvalue weighted by atomic mass is 9.82. The molecule has 1 aromatic rings. The van der Waals surface area contributed by atoms with E-state index in [0.717, 1.165) is 56.3 Å². The number of hydrogen-bond acceptors (Lipinski definition) is 6. The van der Waals surface area contributed by atoms with E-state index in [4.69, 9.17) is 5.11 Å². The van der Waals surface area contributed by atoms with Gasteiger partial charge in [-0.3, -0.25) is 28.9 Å². The number of likely N-dealkylation sites (tertiary alicyclic amines) is 1. The second-order valence-corrected chi connectivity index (χ2v) is 12.8. The molecule has 0 bridgehead atoms. The number of unbranched alkanes of at least 4 members (excludes halogenated alkanes) is 5. The second kappa shape index (κ2) is 18.0. The van der Waals surface area contributed by atoms with E-state index in [1.54, 1.807) is 11.8 Å². The fraction of sp³-hybridized carbons (Fsp3) is 0.656. The molecule has 1 unspecified atom stereocenters. The summed E-state index contributed by atoms with van der Waals surface area (Å²) < 4.78 is 0. The Bertz CT molecular complexity index is 1010. The maximum Gasteiger partial charge on any atom is 0.306 e. The predicted octanol–water partition coefficient (Wildman–Crippen LogP) is 5.18. The van der Waals surface area contributed by atoms with Gasteiger partial charge in [0.1, 0.15) is 5.78 Å². The van der Waals surface area contributed by atoms with Crippen molar-refractivity contribution in [1.29, 1.82) is 0 Å². The number of carbonyl (C=O) groups excluding carboxylic acids is 4. The molecule has 0 radical (unpaired) electrons. The van der Waals surface area contributed by atoms with Gasteiger partial charge < -0.3 is 10.4 Å². The van der Waals surface area contributed by atoms with Crippen LogP contribution in [0.5, 0.6) is 0 Å². The maximum atomic E-state index is 12.7. The molecule has 1 atom stereocenters. The van der Waals surface area contributed by atoms with Crippen molar-refractivity contribution in [2.45, 2.75) is 102 Å². The molecule has 1 saturated carbocycles. The molecule has 3 amide bonds. The van der Waals surface area contributed by atoms with Crippen molar-refractivity contribution in [3.8, 4) is 0 Å². The van der Waals surface area contributed by atoms with Gasteiger partial charge in [0.05, 0.1) is 11.2 Å². The van der Waals surface area contributed by atoms with Gasteiger partial charge in [-0.1, -0.05) is 49.6 Å². The van der Waals surface area contributed by atoms with Crippen molar-refractivity contribution < 1.29 is 29.1 Å². The molecule has 2 fully saturated rings. The summed E-state index contributed by atoms with van der Waals surface area (Å²) in [6.07, 6.45) is 10.9. The Labute approximate surface area is 248 Å². The van der Waals surface area contributed by atoms with Gasteiger partial charge in [-0.2, -0.15) is 0 Å². The number of benzene rings is 1. The smallest absolute Gasteiger partial charge is 0.306 e. The van der Waals surface area contributed by atoms with Crippen LogP contribution in [0.15, 0.2) is 30.3 Å². The SMILES string of the molecule is O=C(CCCCCCSC1CC(=O)N(CCCCCC(=O)NCC2CCC(C(=O)O)CC2)C1=O)Cc1ccccc1. The number of nitrogens with one attached hydrogen (secondary N) is 1. The minimum Gasteiger partial charge on any atom is -0.481 e. The normalized spacial score (nSPS) is 20.8. The molecule has 3 rings (SSSR count). The number of carboxylic acid groups (broad SMARTS) is 1. The number of carboxylic acids is 1. The molecule has 1 saturated heterocycles. The van der Waals surface area contributed by atoms with Crippen LogP contribution < -0.4 is 5.32 Å². The number of aliphatic carboxylic acids is 1. The zero-order valence-electron chi connectivity index (χ0n) is 24.2. The number of hydrogen-bond donors (Lipinski definition) is 2. The third-order valence-corrected chi connectivity index (χ3v) is 9.48. The minimum atomic E-state index is -0.716. The number of carbonyl (C=O) groups is 5. The first-order chi connectivity index (χ1) is 19.8. The standard InChI is InChI=1S/C32H46N2O6S/c35-27(21-24-11-5-3-6-12-24)13-7-1-2-10-20-41-28-22-30(37)34(31(28)38)19-9-4-8-14-29(36)33-23-25-15-17-26(18-16-25)32(39)40/h3,5-6,11-12,25-26,28H,1-2,4,7-10,13-23H2,(H,33,36)(H,39,40). The number of imide groups is 1. The van der Waals surface area contributed by atoms with Gasteiger partial charge in [0.25, 0.3) is 0 Å². The number of Topliss-reactive ketones (excluding diaryl/α,β-unsaturated/α-hetero) is 1. The lowest BCUT2D eigenvalue weighted by molar-refractivity contribution is -0.143. The third kappa shape index (κ3) is 12.0. The molecule has 0 aromatic heterocycles. The number of ketones is 1. The Morgan fingerprint density at radius 2 is 1.56 bits per heavy atom. The van der Waals surface area contributed by atoms with E-state index in [2.05, 4.69) is 5.32 Å². The van der Waals surface area contributed by atoms with Crippen molar-refractivity contribution in [2.24, 2.45) is 11.8 Å². The summed E-state index contributed by atoms with van der Waals surface area (Å²) in [5.74, 6) is 0.341. The first-order valence-corrected chi connectivity index (χ1v) is 16.4. The zero-order chi connectivity index (χ0) is 29.5. The zero-order valence-corrected chi connectivity index (χ0v) is 25.0. The Hall–Kier alpha value is -2.68. The largest absolute Gasteiger partial charge is 0.481 e. The van der Waals surface area contributed by atoms with E-state index in [9.17, 15) is 24.0 Å². The van der Waals surface area contributed by atoms with E-state index in [-0.39, 0.29) is 41.1 Å². The monoisotopic (exact) mass is 586 g/mol. The van der Waals surface area contributed by atoms with E-state index in [1.165, 1.54) is 4.90 Å². The van der Waals surface area contributed by atoms with E-state index >= 15 is 0 Å². The molecule has 2 N–H and O–H groups in total. The highest BCUT2D eigenvalue weighted by atomic mass is 32.2. The topological polar surface area (TPSA) is 121 Å². The van der Waals surface area contributed by atoms with Crippen molar-refractivity contribution in [1.82, 2.24) is 10.2 Å². The Morgan fingerprint density at radius 1 is 0.878 bits per heavy atom. The minimum absolute atomic E-state index is 0.00827. The first-order valence-electron chi connectivity index (χ1n) is 15.3. The van der Waals surface area contributed by atoms with Gasteiger partial charge in [0.2, 0.25) is 17.7 Å². The summed E-state index contributed by atoms with van der Waals surface area (Å²) in [6.45, 7) is 1.02. The molecule has 1 aromatic carbocycles. The Kier molecular flexibility index (Phi) is 14.4. The highest BCUT2D eigenvalue weighted by Crippen LogP contribution is 2.29. The molecule has 2 aliphatic rings. The van der Waals surface area contributed by atoms with Crippen LogP contribution in [0.3, 0.4) is 0 Å². The number of thioether (sulfide) groups is 1. The lowest BCUT2D eigenvalue weighted by Gasteiger charge is -2.26. The number of amides is 3. The predicted molar refractivity (Wildman–Crippen MR) is 160 cm³/mol. The molecule has 41 heavy (non-hydrogen) atoms. The van der Waals surface area contributed by atoms with Crippen LogP contribution in [0.25, 0.3) is 0 Å². The quantitative estimate of drug-likeness (QED) is 0.169. The van der Waals surface area contributed by atoms with E-state index < -0.39 is 5.97 Å². The fourth-order valence-corrected chi connectivity index (χ4v) is 6.81. The fourth-order valence-electron chi connectivity index (χ4n) is 5.63. The van der Waals surface area contributed by atoms with Crippen LogP contribution in [0.4, 0.5) is 0 Å². The van der Waals surface area contributed by atoms with Gasteiger partial charge in [0.15, 0.2) is 0 Å². The molecule has 9 heteroatoms. The van der Waals surface area contributed by atoms with Crippen molar-refractivity contribution in [2.75, 3.05) is 18.8 Å². The molecular formula is C32H46N2O6S. The van der Waals surface area contributed by atoms with Crippen molar-refractivity contribution >= 4 is 41.2 Å². The summed E-state index contributed by atoms with van der Waals surface area (Å²) in [4.78, 5) is 61.8. The van der Waals surface area contributed by atoms with Gasteiger partial charge in [-0.25, -0.2) is 0 Å². The summed E-state index contributed by atoms with van der Waals surface area (Å²) in [7, 11) is 0. The van der Waals surface area contributed by atoms with E-state index in [1.807, 2.05) is 30.3 Å². The molecule has 1 heterocycles. The average Bonchev–Trinajstić information content (AvgIpc) is 3.23. The molecule has 226 valence electrons. The number of rotatable bonds is 19. The molecule has 1 aliphatic heterocycles. The van der Waals surface area contributed by atoms with Crippen molar-refractivity contribution in [3.05, 3.63) is 35.9 Å². The third-order valence-electron chi connectivity index (χ3n) is 8.19. The summed E-state index contributed by atoms with van der Waals surface area (Å²) >= 11 is 1.57. The van der Waals surface area contributed by atoms with E-state index in [0.29, 0.717) is 64.0 Å². The number of nitrogens with zero attached hydrogens (tertiary/aromatic N) is 1. The average molecular weight is 587 g/mol. The highest BCUT2D eigenvalue weighted by molar-refractivity contribution is 8.00. The highest BCUT2D eigenvalue weighted by Gasteiger charge is 2.38. The van der Waals surface area contributed by atoms with Crippen LogP contribution in [0, 0.1) is 11.8 Å². The molecule has 8 nitrogen and oxygen atoms in total. The van der Waals surface area contributed by atoms with Crippen LogP contribution in [-0.2, 0) is 30.4 Å². The van der Waals surface area contributed by atoms with Crippen LogP contribution in [-0.4, -0.2) is 63.6 Å². The van der Waals surface area contributed by atoms with Crippen LogP contribution in [0.2, 0.25) is 0 Å². The molecule has 0 spiro atoms. The summed E-state index contributed by atoms with van der Waals surface area (Å²) in [5, 5.41) is 11.8. The van der Waals surface area contributed by atoms with Crippen LogP contribution >= 0.6 is 11.8 Å². The lowest BCUT2D eigenvalue weighted by Crippen LogP contribution is -2.33. The van der Waals surface area contributed by atoms with Gasteiger partial charge in [-0.15, -0.1) is 11.8 Å². The van der Waals surface area contributed by atoms with Crippen LogP contribution in [0.1, 0.15) is 95.5 Å². The Morgan fingerprint density at radius 3 is 2.29 bits per heavy atom. The molecule has 1 aliphatic carbocycles. The molecular weight excluding hydrogens is 540 g/mol. The summed E-state index contributed by atoms with van der Waals surface area (Å²) in [6, 6.07) is 9.82. The second-order valence-electron chi connectivity index (χ2n) is 11.5.